The number of rotatable bonds is 8. The third-order valence-electron chi connectivity index (χ3n) is 13.5. The van der Waals surface area contributed by atoms with Crippen LogP contribution in [0, 0.1) is 24.4 Å². The zero-order valence-corrected chi connectivity index (χ0v) is 42.0. The summed E-state index contributed by atoms with van der Waals surface area (Å²) in [5.74, 6) is 0.800. The standard InChI is InChI=1S/C51H49N2O.C12H10N.Ir/c1-32(2)43-29-39(36-21-19-35(20-22-36)37-25-27-51(5,6)28-26-37)30-44(33(3)4)48(43)53-46-18-11-10-17-45(46)52-50(53)42-16-12-15-41-40-24-23-38(31-47(40)54-49(41)42)34-13-8-7-9-14-34;1-10-7-8-12(13-9-10)11-5-3-2-4-6-11;/h7-15,17-24,29-33,37H,25-28H2,1-6H3;2-5,7-9H,1H3;/q2*-1;/i37D;1D3;. The van der Waals surface area contributed by atoms with E-state index >= 15 is 0 Å². The van der Waals surface area contributed by atoms with Gasteiger partial charge in [-0.05, 0) is 136 Å². The monoisotopic (exact) mass is 1070 g/mol. The molecular weight excluding hydrogens is 1010 g/mol. The molecule has 1 aliphatic rings. The molecule has 10 aromatic rings. The summed E-state index contributed by atoms with van der Waals surface area (Å²) in [5, 5.41) is 2.14. The van der Waals surface area contributed by atoms with E-state index < -0.39 is 12.7 Å². The van der Waals surface area contributed by atoms with Crippen molar-refractivity contribution in [1.29, 1.82) is 0 Å². The summed E-state index contributed by atoms with van der Waals surface area (Å²) >= 11 is 0. The van der Waals surface area contributed by atoms with E-state index in [4.69, 9.17) is 13.5 Å². The molecule has 11 rings (SSSR count). The number of pyridine rings is 1. The Balaban J connectivity index is 0.000000321. The van der Waals surface area contributed by atoms with Crippen LogP contribution in [0.3, 0.4) is 0 Å². The number of fused-ring (bicyclic) bond motifs is 4. The first-order valence-corrected chi connectivity index (χ1v) is 23.7. The minimum Gasteiger partial charge on any atom is -0.501 e. The summed E-state index contributed by atoms with van der Waals surface area (Å²) in [6.45, 7) is 11.8. The van der Waals surface area contributed by atoms with E-state index in [1.807, 2.05) is 30.3 Å². The van der Waals surface area contributed by atoms with Crippen molar-refractivity contribution in [3.63, 3.8) is 0 Å². The van der Waals surface area contributed by atoms with Gasteiger partial charge in [0.05, 0.1) is 22.4 Å². The molecule has 0 saturated heterocycles. The Morgan fingerprint density at radius 2 is 1.38 bits per heavy atom. The Labute approximate surface area is 421 Å². The van der Waals surface area contributed by atoms with Crippen molar-refractivity contribution in [3.05, 3.63) is 198 Å². The largest absolute Gasteiger partial charge is 0.501 e. The van der Waals surface area contributed by atoms with Gasteiger partial charge in [-0.3, -0.25) is 4.98 Å². The Morgan fingerprint density at radius 1 is 0.691 bits per heavy atom. The predicted octanol–water partition coefficient (Wildman–Crippen LogP) is 17.5. The van der Waals surface area contributed by atoms with Gasteiger partial charge in [-0.1, -0.05) is 143 Å². The number of benzene rings is 7. The summed E-state index contributed by atoms with van der Waals surface area (Å²) in [6, 6.07) is 60.6. The molecule has 1 aliphatic carbocycles. The number of aryl methyl sites for hydroxylation is 1. The van der Waals surface area contributed by atoms with Gasteiger partial charge in [0.2, 0.25) is 0 Å². The SMILES string of the molecule is [2H]C([2H])([2H])c1ccc(-c2[c-]cccc2)nc1.[2H]C1(c2ccc(-c3cc(C(C)C)c(-n4c(-c5[c-]ccc6c5oc5cc(-c7ccccc7)ccc56)nc5ccccc54)c(C(C)C)c3)cc2)CCC(C)(C)CC1.[Ir]. The number of hydrogen-bond donors (Lipinski definition) is 0. The van der Waals surface area contributed by atoms with Gasteiger partial charge >= 0.3 is 0 Å². The number of furan rings is 1. The third-order valence-corrected chi connectivity index (χ3v) is 13.5. The van der Waals surface area contributed by atoms with Gasteiger partial charge in [0.15, 0.2) is 0 Å². The van der Waals surface area contributed by atoms with Gasteiger partial charge in [0.1, 0.15) is 5.58 Å². The van der Waals surface area contributed by atoms with Crippen molar-refractivity contribution in [2.24, 2.45) is 5.41 Å². The maximum Gasteiger partial charge on any atom is 0.121 e. The van der Waals surface area contributed by atoms with Crippen molar-refractivity contribution in [2.45, 2.75) is 91.8 Å². The van der Waals surface area contributed by atoms with E-state index in [9.17, 15) is 1.37 Å². The maximum atomic E-state index is 9.37. The number of aromatic nitrogens is 3. The van der Waals surface area contributed by atoms with Crippen molar-refractivity contribution in [1.82, 2.24) is 14.5 Å². The molecular formula is C63H59IrN3O-2. The van der Waals surface area contributed by atoms with E-state index in [0.29, 0.717) is 5.41 Å². The van der Waals surface area contributed by atoms with Crippen LogP contribution in [0.4, 0.5) is 0 Å². The van der Waals surface area contributed by atoms with Crippen molar-refractivity contribution < 1.29 is 30.0 Å². The van der Waals surface area contributed by atoms with E-state index in [-0.39, 0.29) is 37.5 Å². The molecule has 1 saturated carbocycles. The average molecular weight is 1070 g/mol. The third kappa shape index (κ3) is 9.40. The summed E-state index contributed by atoms with van der Waals surface area (Å²) in [6.07, 6.45) is 5.41. The molecule has 0 unspecified atom stereocenters. The second-order valence-electron chi connectivity index (χ2n) is 19.4. The molecule has 0 N–H and O–H groups in total. The van der Waals surface area contributed by atoms with Crippen LogP contribution in [-0.2, 0) is 20.1 Å². The second kappa shape index (κ2) is 19.7. The zero-order chi connectivity index (χ0) is 49.7. The maximum absolute atomic E-state index is 9.37. The van der Waals surface area contributed by atoms with Crippen LogP contribution in [0.1, 0.15) is 113 Å². The first-order valence-electron chi connectivity index (χ1n) is 25.7. The van der Waals surface area contributed by atoms with Crippen LogP contribution in [-0.4, -0.2) is 14.5 Å². The van der Waals surface area contributed by atoms with Crippen LogP contribution in [0.5, 0.6) is 0 Å². The molecule has 0 aliphatic heterocycles. The van der Waals surface area contributed by atoms with Crippen molar-refractivity contribution >= 4 is 33.0 Å². The summed E-state index contributed by atoms with van der Waals surface area (Å²) in [4.78, 5) is 9.47. The molecule has 3 aromatic heterocycles. The summed E-state index contributed by atoms with van der Waals surface area (Å²) in [5.41, 5.74) is 16.2. The van der Waals surface area contributed by atoms with E-state index in [0.717, 1.165) is 98.0 Å². The zero-order valence-electron chi connectivity index (χ0n) is 43.7. The Kier molecular flexibility index (Phi) is 12.1. The quantitative estimate of drug-likeness (QED) is 0.142. The second-order valence-corrected chi connectivity index (χ2v) is 19.4. The Bertz CT molecular complexity index is 3460. The molecule has 0 spiro atoms. The fourth-order valence-corrected chi connectivity index (χ4v) is 9.64. The molecule has 4 nitrogen and oxygen atoms in total. The number of imidazole rings is 1. The molecule has 5 heteroatoms. The first-order chi connectivity index (χ1) is 34.1. The van der Waals surface area contributed by atoms with Gasteiger partial charge in [0, 0.05) is 42.9 Å². The predicted molar refractivity (Wildman–Crippen MR) is 280 cm³/mol. The number of hydrogen-bond acceptors (Lipinski definition) is 3. The smallest absolute Gasteiger partial charge is 0.121 e. The molecule has 343 valence electrons. The van der Waals surface area contributed by atoms with Crippen LogP contribution < -0.4 is 0 Å². The van der Waals surface area contributed by atoms with Gasteiger partial charge in [-0.2, -0.15) is 0 Å². The van der Waals surface area contributed by atoms with Crippen LogP contribution in [0.25, 0.3) is 83.6 Å². The average Bonchev–Trinajstić information content (AvgIpc) is 3.96. The van der Waals surface area contributed by atoms with Crippen LogP contribution >= 0.6 is 0 Å². The van der Waals surface area contributed by atoms with Gasteiger partial charge in [-0.15, -0.1) is 54.1 Å². The van der Waals surface area contributed by atoms with Crippen molar-refractivity contribution in [2.75, 3.05) is 0 Å². The summed E-state index contributed by atoms with van der Waals surface area (Å²) in [7, 11) is 0. The molecule has 1 fully saturated rings. The van der Waals surface area contributed by atoms with E-state index in [1.165, 1.54) is 34.1 Å². The fourth-order valence-electron chi connectivity index (χ4n) is 9.64. The Hall–Kier alpha value is -6.39. The number of nitrogens with zero attached hydrogens (tertiary/aromatic N) is 3. The first kappa shape index (κ1) is 41.8. The fraction of sp³-hybridized carbons (Fsp3) is 0.238. The Morgan fingerprint density at radius 3 is 2.06 bits per heavy atom. The van der Waals surface area contributed by atoms with Gasteiger partial charge in [0.25, 0.3) is 0 Å². The molecule has 1 radical (unpaired) electrons. The van der Waals surface area contributed by atoms with Gasteiger partial charge in [-0.25, -0.2) is 0 Å². The molecule has 0 atom stereocenters. The van der Waals surface area contributed by atoms with Gasteiger partial charge < -0.3 is 14.0 Å². The topological polar surface area (TPSA) is 43.9 Å². The summed E-state index contributed by atoms with van der Waals surface area (Å²) < 4.78 is 40.2. The molecule has 7 aromatic carbocycles. The number of para-hydroxylation sites is 2. The minimum absolute atomic E-state index is 0. The van der Waals surface area contributed by atoms with Crippen LogP contribution in [0.15, 0.2) is 168 Å². The molecule has 0 amide bonds. The van der Waals surface area contributed by atoms with E-state index in [2.05, 4.69) is 172 Å². The minimum atomic E-state index is -2.09. The van der Waals surface area contributed by atoms with Crippen LogP contribution in [0.2, 0.25) is 0 Å². The normalized spacial score (nSPS) is 15.3. The van der Waals surface area contributed by atoms with E-state index in [1.54, 1.807) is 18.2 Å². The molecule has 0 bridgehead atoms. The molecule has 3 heterocycles. The van der Waals surface area contributed by atoms with Crippen molar-refractivity contribution in [3.8, 4) is 50.6 Å². The molecule has 68 heavy (non-hydrogen) atoms.